The van der Waals surface area contributed by atoms with Gasteiger partial charge in [0, 0.05) is 12.6 Å². The van der Waals surface area contributed by atoms with Crippen LogP contribution in [0.1, 0.15) is 40.0 Å². The van der Waals surface area contributed by atoms with E-state index >= 15 is 0 Å². The zero-order valence-corrected chi connectivity index (χ0v) is 15.9. The molecule has 1 aliphatic carbocycles. The predicted molar refractivity (Wildman–Crippen MR) is 91.7 cm³/mol. The summed E-state index contributed by atoms with van der Waals surface area (Å²) in [5.41, 5.74) is -0.155. The Balaban J connectivity index is 2.73. The van der Waals surface area contributed by atoms with Gasteiger partial charge in [0.1, 0.15) is 0 Å². The van der Waals surface area contributed by atoms with Crippen molar-refractivity contribution >= 4 is 58.2 Å². The van der Waals surface area contributed by atoms with Crippen molar-refractivity contribution < 1.29 is 9.59 Å². The van der Waals surface area contributed by atoms with Crippen molar-refractivity contribution in [3.8, 4) is 0 Å². The van der Waals surface area contributed by atoms with Gasteiger partial charge in [-0.15, -0.1) is 0 Å². The van der Waals surface area contributed by atoms with Crippen molar-refractivity contribution in [3.05, 3.63) is 0 Å². The maximum Gasteiger partial charge on any atom is 0.253 e. The van der Waals surface area contributed by atoms with Crippen molar-refractivity contribution in [2.45, 2.75) is 55.7 Å². The van der Waals surface area contributed by atoms with Crippen molar-refractivity contribution in [1.82, 2.24) is 10.6 Å². The molecule has 128 valence electrons. The molecule has 0 unspecified atom stereocenters. The van der Waals surface area contributed by atoms with Gasteiger partial charge in [0.25, 0.3) is 11.8 Å². The molecule has 0 aromatic carbocycles. The molecule has 0 aromatic heterocycles. The average molecular weight is 392 g/mol. The standard InChI is InChI=1S/C14H22Cl4N2O2/c1-13(2)4-8(20-12(22)10(17)18)5-14(3,6-13)7-19-11(21)9(15)16/h8-10H,4-7H2,1-3H3,(H,19,21)(H,20,22)/t8-,14-/m1/s1. The molecule has 2 N–H and O–H groups in total. The lowest BCUT2D eigenvalue weighted by Gasteiger charge is -2.47. The van der Waals surface area contributed by atoms with Gasteiger partial charge in [0.15, 0.2) is 9.67 Å². The zero-order valence-electron chi connectivity index (χ0n) is 12.9. The quantitative estimate of drug-likeness (QED) is 0.705. The molecule has 1 fully saturated rings. The molecular weight excluding hydrogens is 370 g/mol. The number of amides is 2. The largest absolute Gasteiger partial charge is 0.353 e. The molecule has 0 aromatic rings. The highest BCUT2D eigenvalue weighted by Gasteiger charge is 2.42. The smallest absolute Gasteiger partial charge is 0.253 e. The second kappa shape index (κ2) is 7.78. The van der Waals surface area contributed by atoms with Gasteiger partial charge < -0.3 is 10.6 Å². The number of halogens is 4. The minimum Gasteiger partial charge on any atom is -0.353 e. The molecule has 4 nitrogen and oxygen atoms in total. The van der Waals surface area contributed by atoms with E-state index in [2.05, 4.69) is 31.4 Å². The molecule has 1 aliphatic rings. The molecule has 2 atom stereocenters. The summed E-state index contributed by atoms with van der Waals surface area (Å²) in [6.07, 6.45) is 2.46. The molecule has 1 saturated carbocycles. The molecule has 2 amide bonds. The van der Waals surface area contributed by atoms with Crippen LogP contribution in [-0.2, 0) is 9.59 Å². The van der Waals surface area contributed by atoms with E-state index in [9.17, 15) is 9.59 Å². The number of carbonyl (C=O) groups is 2. The summed E-state index contributed by atoms with van der Waals surface area (Å²) in [6, 6.07) is -0.0408. The third-order valence-electron chi connectivity index (χ3n) is 3.88. The van der Waals surface area contributed by atoms with Crippen LogP contribution in [0.3, 0.4) is 0 Å². The Morgan fingerprint density at radius 2 is 1.59 bits per heavy atom. The zero-order chi connectivity index (χ0) is 17.1. The molecule has 0 heterocycles. The molecule has 0 aliphatic heterocycles. The fourth-order valence-corrected chi connectivity index (χ4v) is 3.79. The Labute approximate surface area is 151 Å². The first kappa shape index (κ1) is 20.1. The molecule has 8 heteroatoms. The second-order valence-electron chi connectivity index (χ2n) is 7.08. The van der Waals surface area contributed by atoms with Gasteiger partial charge in [-0.2, -0.15) is 0 Å². The first-order valence-corrected chi connectivity index (χ1v) is 8.83. The molecule has 0 spiro atoms. The fraction of sp³-hybridized carbons (Fsp3) is 0.857. The van der Waals surface area contributed by atoms with Gasteiger partial charge in [0.2, 0.25) is 0 Å². The van der Waals surface area contributed by atoms with Gasteiger partial charge in [-0.05, 0) is 30.1 Å². The van der Waals surface area contributed by atoms with E-state index < -0.39 is 15.6 Å². The van der Waals surface area contributed by atoms with Crippen LogP contribution in [0.15, 0.2) is 0 Å². The summed E-state index contributed by atoms with van der Waals surface area (Å²) in [5.74, 6) is -0.797. The highest BCUT2D eigenvalue weighted by molar-refractivity contribution is 6.53. The highest BCUT2D eigenvalue weighted by atomic mass is 35.5. The van der Waals surface area contributed by atoms with Crippen LogP contribution in [0, 0.1) is 10.8 Å². The van der Waals surface area contributed by atoms with E-state index in [4.69, 9.17) is 46.4 Å². The predicted octanol–water partition coefficient (Wildman–Crippen LogP) is 3.41. The lowest BCUT2D eigenvalue weighted by Crippen LogP contribution is -2.51. The Kier molecular flexibility index (Phi) is 7.12. The van der Waals surface area contributed by atoms with Crippen molar-refractivity contribution in [1.29, 1.82) is 0 Å². The highest BCUT2D eigenvalue weighted by Crippen LogP contribution is 2.45. The van der Waals surface area contributed by atoms with Crippen LogP contribution in [0.2, 0.25) is 0 Å². The number of hydrogen-bond acceptors (Lipinski definition) is 2. The summed E-state index contributed by atoms with van der Waals surface area (Å²) in [6.45, 7) is 6.79. The Bertz CT molecular complexity index is 429. The number of carbonyl (C=O) groups excluding carboxylic acids is 2. The first-order chi connectivity index (χ1) is 9.94. The molecule has 0 radical (unpaired) electrons. The van der Waals surface area contributed by atoms with Crippen LogP contribution >= 0.6 is 46.4 Å². The number of nitrogens with one attached hydrogen (secondary N) is 2. The first-order valence-electron chi connectivity index (χ1n) is 7.08. The SMILES string of the molecule is CC1(C)C[C@@H](NC(=O)C(Cl)Cl)C[C@@](C)(CNC(=O)C(Cl)Cl)C1. The Hall–Kier alpha value is 0.1000. The maximum absolute atomic E-state index is 11.7. The Morgan fingerprint density at radius 1 is 1.05 bits per heavy atom. The van der Waals surface area contributed by atoms with Crippen LogP contribution in [0.25, 0.3) is 0 Å². The van der Waals surface area contributed by atoms with Crippen LogP contribution < -0.4 is 10.6 Å². The summed E-state index contributed by atoms with van der Waals surface area (Å²) in [4.78, 5) is 21.1. The number of rotatable bonds is 5. The monoisotopic (exact) mass is 390 g/mol. The molecule has 1 rings (SSSR count). The van der Waals surface area contributed by atoms with E-state index in [0.717, 1.165) is 19.3 Å². The summed E-state index contributed by atoms with van der Waals surface area (Å²) in [7, 11) is 0. The minimum atomic E-state index is -1.08. The lowest BCUT2D eigenvalue weighted by molar-refractivity contribution is -0.122. The van der Waals surface area contributed by atoms with E-state index in [1.54, 1.807) is 0 Å². The minimum absolute atomic E-state index is 0.0190. The van der Waals surface area contributed by atoms with Crippen LogP contribution in [0.5, 0.6) is 0 Å². The van der Waals surface area contributed by atoms with Gasteiger partial charge >= 0.3 is 0 Å². The summed E-state index contributed by atoms with van der Waals surface area (Å²) >= 11 is 22.3. The van der Waals surface area contributed by atoms with Crippen molar-refractivity contribution in [3.63, 3.8) is 0 Å². The fourth-order valence-electron chi connectivity index (χ4n) is 3.51. The van der Waals surface area contributed by atoms with Crippen molar-refractivity contribution in [2.24, 2.45) is 10.8 Å². The third-order valence-corrected chi connectivity index (χ3v) is 4.67. The summed E-state index contributed by atoms with van der Waals surface area (Å²) in [5, 5.41) is 5.63. The van der Waals surface area contributed by atoms with Gasteiger partial charge in [0.05, 0.1) is 0 Å². The van der Waals surface area contributed by atoms with E-state index in [-0.39, 0.29) is 22.8 Å². The van der Waals surface area contributed by atoms with Gasteiger partial charge in [-0.25, -0.2) is 0 Å². The normalized spacial score (nSPS) is 27.8. The number of alkyl halides is 4. The van der Waals surface area contributed by atoms with Gasteiger partial charge in [-0.3, -0.25) is 9.59 Å². The van der Waals surface area contributed by atoms with Crippen molar-refractivity contribution in [2.75, 3.05) is 6.54 Å². The molecular formula is C14H22Cl4N2O2. The topological polar surface area (TPSA) is 58.2 Å². The lowest BCUT2D eigenvalue weighted by atomic mass is 9.62. The van der Waals surface area contributed by atoms with E-state index in [1.807, 2.05) is 0 Å². The molecule has 0 saturated heterocycles. The number of hydrogen-bond donors (Lipinski definition) is 2. The average Bonchev–Trinajstić information content (AvgIpc) is 2.33. The van der Waals surface area contributed by atoms with Crippen LogP contribution in [0.4, 0.5) is 0 Å². The maximum atomic E-state index is 11.7. The van der Waals surface area contributed by atoms with E-state index in [1.165, 1.54) is 0 Å². The summed E-state index contributed by atoms with van der Waals surface area (Å²) < 4.78 is 0. The Morgan fingerprint density at radius 3 is 2.09 bits per heavy atom. The van der Waals surface area contributed by atoms with Gasteiger partial charge in [-0.1, -0.05) is 67.2 Å². The third kappa shape index (κ3) is 6.31. The molecule has 22 heavy (non-hydrogen) atoms. The molecule has 0 bridgehead atoms. The second-order valence-corrected chi connectivity index (χ2v) is 9.28. The van der Waals surface area contributed by atoms with E-state index in [0.29, 0.717) is 6.54 Å². The van der Waals surface area contributed by atoms with Crippen LogP contribution in [-0.4, -0.2) is 34.1 Å².